The summed E-state index contributed by atoms with van der Waals surface area (Å²) in [4.78, 5) is 54.9. The summed E-state index contributed by atoms with van der Waals surface area (Å²) < 4.78 is 4.64. The predicted molar refractivity (Wildman–Crippen MR) is 147 cm³/mol. The molecule has 38 heavy (non-hydrogen) atoms. The van der Waals surface area contributed by atoms with Gasteiger partial charge in [0.15, 0.2) is 0 Å². The molecule has 0 aliphatic carbocycles. The molecule has 11 heteroatoms. The quantitative estimate of drug-likeness (QED) is 0.341. The average Bonchev–Trinajstić information content (AvgIpc) is 3.47. The highest BCUT2D eigenvalue weighted by molar-refractivity contribution is 7.13. The van der Waals surface area contributed by atoms with Crippen molar-refractivity contribution in [2.24, 2.45) is 5.73 Å². The number of thiazole rings is 1. The molecule has 198 valence electrons. The Morgan fingerprint density at radius 3 is 2.47 bits per heavy atom. The highest BCUT2D eigenvalue weighted by atomic mass is 32.1. The molecule has 2 amide bonds. The third-order valence-electron chi connectivity index (χ3n) is 6.27. The Hall–Kier alpha value is -4.25. The standard InChI is InChI=1S/C27H30N6O4S/c1-16(2)32-14-21(26(36)33(27(32)37)13-19-8-6-5-7-9-19)25-30-22(15-38-25)23-12-20(24(28)35)17(3)31(23)11-10-29-18(4)34/h5-9,12,14-16H,10-11,13H2,1-4H3,(H2,28,35)(H,29,34). The summed E-state index contributed by atoms with van der Waals surface area (Å²) >= 11 is 1.27. The van der Waals surface area contributed by atoms with E-state index in [2.05, 4.69) is 5.32 Å². The number of rotatable bonds is 9. The fraction of sp³-hybridized carbons (Fsp3) is 0.296. The number of amides is 2. The number of hydrogen-bond acceptors (Lipinski definition) is 6. The molecule has 0 bridgehead atoms. The van der Waals surface area contributed by atoms with Crippen molar-refractivity contribution >= 4 is 23.2 Å². The number of carbonyl (C=O) groups is 2. The number of nitrogens with two attached hydrogens (primary N) is 1. The molecule has 4 aromatic rings. The van der Waals surface area contributed by atoms with Crippen LogP contribution in [0.2, 0.25) is 0 Å². The zero-order chi connectivity index (χ0) is 27.6. The highest BCUT2D eigenvalue weighted by Gasteiger charge is 2.21. The van der Waals surface area contributed by atoms with Crippen LogP contribution in [0.25, 0.3) is 22.0 Å². The summed E-state index contributed by atoms with van der Waals surface area (Å²) in [5.41, 5.74) is 8.15. The number of nitrogens with one attached hydrogen (secondary N) is 1. The molecule has 0 saturated carbocycles. The van der Waals surface area contributed by atoms with Crippen LogP contribution in [0.4, 0.5) is 0 Å². The molecule has 0 atom stereocenters. The van der Waals surface area contributed by atoms with Crippen LogP contribution in [0.5, 0.6) is 0 Å². The number of hydrogen-bond donors (Lipinski definition) is 2. The monoisotopic (exact) mass is 534 g/mol. The molecule has 0 unspecified atom stereocenters. The van der Waals surface area contributed by atoms with Crippen molar-refractivity contribution in [1.82, 2.24) is 24.0 Å². The van der Waals surface area contributed by atoms with E-state index < -0.39 is 11.5 Å². The van der Waals surface area contributed by atoms with Gasteiger partial charge in [0.2, 0.25) is 5.91 Å². The van der Waals surface area contributed by atoms with E-state index in [9.17, 15) is 19.2 Å². The van der Waals surface area contributed by atoms with Gasteiger partial charge in [0, 0.05) is 43.3 Å². The lowest BCUT2D eigenvalue weighted by Crippen LogP contribution is -2.41. The first-order valence-corrected chi connectivity index (χ1v) is 13.1. The summed E-state index contributed by atoms with van der Waals surface area (Å²) in [5.74, 6) is -0.722. The van der Waals surface area contributed by atoms with Gasteiger partial charge in [-0.3, -0.25) is 23.5 Å². The van der Waals surface area contributed by atoms with E-state index in [1.807, 2.05) is 48.7 Å². The van der Waals surface area contributed by atoms with Crippen molar-refractivity contribution in [2.45, 2.75) is 46.8 Å². The first-order chi connectivity index (χ1) is 18.1. The second-order valence-corrected chi connectivity index (χ2v) is 10.1. The van der Waals surface area contributed by atoms with E-state index in [1.54, 1.807) is 24.6 Å². The molecule has 1 aromatic carbocycles. The van der Waals surface area contributed by atoms with Gasteiger partial charge in [0.05, 0.1) is 29.1 Å². The SMILES string of the molecule is CC(=O)NCCn1c(-c2csc(-c3cn(C(C)C)c(=O)n(Cc4ccccc4)c3=O)n2)cc(C(N)=O)c1C. The lowest BCUT2D eigenvalue weighted by atomic mass is 10.2. The van der Waals surface area contributed by atoms with Crippen LogP contribution in [0.15, 0.2) is 57.6 Å². The van der Waals surface area contributed by atoms with E-state index in [4.69, 9.17) is 10.7 Å². The van der Waals surface area contributed by atoms with Gasteiger partial charge in [-0.05, 0) is 32.4 Å². The summed E-state index contributed by atoms with van der Waals surface area (Å²) in [5, 5.41) is 5.01. The summed E-state index contributed by atoms with van der Waals surface area (Å²) in [6.07, 6.45) is 1.56. The second kappa shape index (κ2) is 11.0. The van der Waals surface area contributed by atoms with Crippen LogP contribution in [0.1, 0.15) is 48.4 Å². The van der Waals surface area contributed by atoms with Crippen molar-refractivity contribution in [3.63, 3.8) is 0 Å². The van der Waals surface area contributed by atoms with Crippen LogP contribution in [0.3, 0.4) is 0 Å². The Balaban J connectivity index is 1.81. The van der Waals surface area contributed by atoms with Gasteiger partial charge in [-0.1, -0.05) is 30.3 Å². The minimum Gasteiger partial charge on any atom is -0.366 e. The van der Waals surface area contributed by atoms with Crippen LogP contribution in [-0.4, -0.2) is 37.0 Å². The molecular weight excluding hydrogens is 504 g/mol. The van der Waals surface area contributed by atoms with Crippen LogP contribution >= 0.6 is 11.3 Å². The van der Waals surface area contributed by atoms with Gasteiger partial charge in [-0.2, -0.15) is 0 Å². The average molecular weight is 535 g/mol. The maximum absolute atomic E-state index is 13.5. The number of nitrogens with zero attached hydrogens (tertiary/aromatic N) is 4. The predicted octanol–water partition coefficient (Wildman–Crippen LogP) is 2.77. The maximum Gasteiger partial charge on any atom is 0.331 e. The van der Waals surface area contributed by atoms with Gasteiger partial charge in [-0.25, -0.2) is 9.78 Å². The van der Waals surface area contributed by atoms with Gasteiger partial charge >= 0.3 is 5.69 Å². The molecule has 3 aromatic heterocycles. The molecule has 10 nitrogen and oxygen atoms in total. The molecule has 0 fully saturated rings. The number of aromatic nitrogens is 4. The van der Waals surface area contributed by atoms with Gasteiger partial charge in [-0.15, -0.1) is 11.3 Å². The molecule has 3 heterocycles. The Labute approximate surface area is 223 Å². The summed E-state index contributed by atoms with van der Waals surface area (Å²) in [6.45, 7) is 7.89. The fourth-order valence-electron chi connectivity index (χ4n) is 4.30. The Bertz CT molecular complexity index is 1610. The lowest BCUT2D eigenvalue weighted by Gasteiger charge is -2.15. The zero-order valence-corrected chi connectivity index (χ0v) is 22.5. The van der Waals surface area contributed by atoms with E-state index in [-0.39, 0.29) is 24.2 Å². The smallest absolute Gasteiger partial charge is 0.331 e. The van der Waals surface area contributed by atoms with Crippen molar-refractivity contribution in [1.29, 1.82) is 0 Å². The zero-order valence-electron chi connectivity index (χ0n) is 21.7. The highest BCUT2D eigenvalue weighted by Crippen LogP contribution is 2.30. The third-order valence-corrected chi connectivity index (χ3v) is 7.15. The van der Waals surface area contributed by atoms with Gasteiger partial charge in [0.1, 0.15) is 5.01 Å². The number of primary amides is 1. The van der Waals surface area contributed by atoms with Crippen molar-refractivity contribution in [3.05, 3.63) is 85.6 Å². The normalized spacial score (nSPS) is 11.2. The Morgan fingerprint density at radius 2 is 1.84 bits per heavy atom. The van der Waals surface area contributed by atoms with E-state index in [1.165, 1.54) is 27.4 Å². The summed E-state index contributed by atoms with van der Waals surface area (Å²) in [7, 11) is 0. The van der Waals surface area contributed by atoms with E-state index in [0.717, 1.165) is 5.56 Å². The second-order valence-electron chi connectivity index (χ2n) is 9.27. The fourth-order valence-corrected chi connectivity index (χ4v) is 5.11. The van der Waals surface area contributed by atoms with Crippen molar-refractivity contribution < 1.29 is 9.59 Å². The van der Waals surface area contributed by atoms with Crippen LogP contribution in [0, 0.1) is 6.92 Å². The Morgan fingerprint density at radius 1 is 1.13 bits per heavy atom. The minimum atomic E-state index is -0.565. The van der Waals surface area contributed by atoms with Crippen molar-refractivity contribution in [2.75, 3.05) is 6.54 Å². The van der Waals surface area contributed by atoms with E-state index in [0.29, 0.717) is 46.3 Å². The van der Waals surface area contributed by atoms with Crippen LogP contribution in [-0.2, 0) is 17.9 Å². The van der Waals surface area contributed by atoms with Crippen LogP contribution < -0.4 is 22.3 Å². The molecule has 3 N–H and O–H groups in total. The van der Waals surface area contributed by atoms with E-state index >= 15 is 0 Å². The molecule has 0 aliphatic heterocycles. The van der Waals surface area contributed by atoms with Crippen molar-refractivity contribution in [3.8, 4) is 22.0 Å². The minimum absolute atomic E-state index is 0.143. The summed E-state index contributed by atoms with van der Waals surface area (Å²) in [6, 6.07) is 10.8. The molecule has 0 saturated heterocycles. The molecular formula is C27H30N6O4S. The molecule has 0 radical (unpaired) electrons. The first-order valence-electron chi connectivity index (χ1n) is 12.2. The maximum atomic E-state index is 13.5. The first kappa shape index (κ1) is 26.8. The molecule has 0 spiro atoms. The topological polar surface area (TPSA) is 134 Å². The number of carbonyl (C=O) groups excluding carboxylic acids is 2. The lowest BCUT2D eigenvalue weighted by molar-refractivity contribution is -0.118. The molecule has 4 rings (SSSR count). The van der Waals surface area contributed by atoms with Gasteiger partial charge in [0.25, 0.3) is 11.5 Å². The Kier molecular flexibility index (Phi) is 7.77. The van der Waals surface area contributed by atoms with Gasteiger partial charge < -0.3 is 15.6 Å². The third kappa shape index (κ3) is 5.37. The molecule has 0 aliphatic rings. The largest absolute Gasteiger partial charge is 0.366 e. The number of benzene rings is 1.